The smallest absolute Gasteiger partial charge is 0.406 e. The van der Waals surface area contributed by atoms with Gasteiger partial charge >= 0.3 is 6.36 Å². The number of alkyl halides is 3. The highest BCUT2D eigenvalue weighted by atomic mass is 32.1. The number of hydrogen-bond acceptors (Lipinski definition) is 6. The zero-order chi connectivity index (χ0) is 18.8. The van der Waals surface area contributed by atoms with Gasteiger partial charge in [0.15, 0.2) is 5.13 Å². The summed E-state index contributed by atoms with van der Waals surface area (Å²) < 4.78 is 40.9. The number of nitrogens with two attached hydrogens (primary N) is 1. The zero-order valence-electron chi connectivity index (χ0n) is 13.2. The third-order valence-electron chi connectivity index (χ3n) is 2.83. The number of rotatable bonds is 5. The van der Waals surface area contributed by atoms with Crippen LogP contribution in [0.1, 0.15) is 13.8 Å². The van der Waals surface area contributed by atoms with Crippen LogP contribution in [0, 0.1) is 0 Å². The fourth-order valence-corrected chi connectivity index (χ4v) is 2.62. The van der Waals surface area contributed by atoms with E-state index < -0.39 is 23.7 Å². The van der Waals surface area contributed by atoms with Gasteiger partial charge in [0.25, 0.3) is 0 Å². The molecule has 0 radical (unpaired) electrons. The Balaban J connectivity index is 2.02. The van der Waals surface area contributed by atoms with E-state index in [-0.39, 0.29) is 17.4 Å². The van der Waals surface area contributed by atoms with Gasteiger partial charge in [-0.2, -0.15) is 0 Å². The summed E-state index contributed by atoms with van der Waals surface area (Å²) in [5.74, 6) is -1.41. The fourth-order valence-electron chi connectivity index (χ4n) is 1.71. The average molecular weight is 376 g/mol. The monoisotopic (exact) mass is 376 g/mol. The molecule has 0 fully saturated rings. The Morgan fingerprint density at radius 1 is 1.32 bits per heavy atom. The number of carbonyl (C=O) groups excluding carboxylic acids is 2. The summed E-state index contributed by atoms with van der Waals surface area (Å²) in [4.78, 5) is 27.5. The van der Waals surface area contributed by atoms with Gasteiger partial charge in [0.05, 0.1) is 22.3 Å². The van der Waals surface area contributed by atoms with Gasteiger partial charge in [0.2, 0.25) is 11.8 Å². The van der Waals surface area contributed by atoms with Crippen molar-refractivity contribution in [2.75, 3.05) is 11.9 Å². The second-order valence-corrected chi connectivity index (χ2v) is 6.68. The lowest BCUT2D eigenvalue weighted by molar-refractivity contribution is -0.274. The third-order valence-corrected chi connectivity index (χ3v) is 3.77. The summed E-state index contributed by atoms with van der Waals surface area (Å²) in [6.45, 7) is 2.68. The van der Waals surface area contributed by atoms with Crippen LogP contribution in [0.5, 0.6) is 5.75 Å². The van der Waals surface area contributed by atoms with Crippen molar-refractivity contribution in [3.63, 3.8) is 0 Å². The van der Waals surface area contributed by atoms with E-state index in [2.05, 4.69) is 20.4 Å². The predicted octanol–water partition coefficient (Wildman–Crippen LogP) is 1.99. The van der Waals surface area contributed by atoms with Crippen molar-refractivity contribution in [3.05, 3.63) is 18.2 Å². The number of halogens is 3. The Hall–Kier alpha value is -2.40. The van der Waals surface area contributed by atoms with E-state index in [1.807, 2.05) is 0 Å². The Bertz CT molecular complexity index is 799. The predicted molar refractivity (Wildman–Crippen MR) is 86.2 cm³/mol. The molecule has 2 aromatic rings. The minimum Gasteiger partial charge on any atom is -0.406 e. The van der Waals surface area contributed by atoms with Crippen LogP contribution in [0.25, 0.3) is 10.2 Å². The molecule has 2 amide bonds. The maximum Gasteiger partial charge on any atom is 0.573 e. The maximum absolute atomic E-state index is 12.2. The molecule has 11 heteroatoms. The molecule has 0 bridgehead atoms. The number of thiazole rings is 1. The summed E-state index contributed by atoms with van der Waals surface area (Å²) in [7, 11) is 0. The lowest BCUT2D eigenvalue weighted by Crippen LogP contribution is -2.50. The molecule has 0 aliphatic carbocycles. The second-order valence-electron chi connectivity index (χ2n) is 5.65. The SMILES string of the molecule is CC(C)(N)C(=O)NCC(=O)Nc1nc2ccc(OC(F)(F)F)cc2s1. The number of anilines is 1. The Kier molecular flexibility index (Phi) is 5.18. The second kappa shape index (κ2) is 6.84. The maximum atomic E-state index is 12.2. The average Bonchev–Trinajstić information content (AvgIpc) is 2.83. The number of hydrogen-bond donors (Lipinski definition) is 3. The van der Waals surface area contributed by atoms with Crippen molar-refractivity contribution in [2.45, 2.75) is 25.7 Å². The van der Waals surface area contributed by atoms with Crippen molar-refractivity contribution in [1.29, 1.82) is 0 Å². The highest BCUT2D eigenvalue weighted by Gasteiger charge is 2.31. The first-order valence-corrected chi connectivity index (χ1v) is 7.79. The molecule has 25 heavy (non-hydrogen) atoms. The van der Waals surface area contributed by atoms with Crippen LogP contribution in [0.15, 0.2) is 18.2 Å². The van der Waals surface area contributed by atoms with Gasteiger partial charge in [0, 0.05) is 6.07 Å². The highest BCUT2D eigenvalue weighted by molar-refractivity contribution is 7.22. The number of ether oxygens (including phenoxy) is 1. The normalized spacial score (nSPS) is 12.1. The molecule has 0 unspecified atom stereocenters. The van der Waals surface area contributed by atoms with Gasteiger partial charge in [-0.3, -0.25) is 9.59 Å². The third kappa shape index (κ3) is 5.57. The van der Waals surface area contributed by atoms with Crippen LogP contribution < -0.4 is 21.1 Å². The number of amides is 2. The highest BCUT2D eigenvalue weighted by Crippen LogP contribution is 2.31. The summed E-state index contributed by atoms with van der Waals surface area (Å²) in [5, 5.41) is 5.01. The van der Waals surface area contributed by atoms with Gasteiger partial charge in [-0.1, -0.05) is 11.3 Å². The van der Waals surface area contributed by atoms with E-state index in [0.717, 1.165) is 17.4 Å². The van der Waals surface area contributed by atoms with Crippen molar-refractivity contribution in [1.82, 2.24) is 10.3 Å². The van der Waals surface area contributed by atoms with Gasteiger partial charge < -0.3 is 21.1 Å². The molecular formula is C14H15F3N4O3S. The van der Waals surface area contributed by atoms with Crippen LogP contribution in [-0.4, -0.2) is 35.2 Å². The molecule has 7 nitrogen and oxygen atoms in total. The standard InChI is InChI=1S/C14H15F3N4O3S/c1-13(2,18)11(23)19-6-10(22)21-12-20-8-4-3-7(5-9(8)25-12)24-14(15,16)17/h3-5H,6,18H2,1-2H3,(H,19,23)(H,20,21,22). The first kappa shape index (κ1) is 18.9. The molecule has 0 saturated heterocycles. The molecule has 0 aliphatic heterocycles. The number of carbonyl (C=O) groups is 2. The van der Waals surface area contributed by atoms with Gasteiger partial charge in [-0.05, 0) is 26.0 Å². The largest absolute Gasteiger partial charge is 0.573 e. The quantitative estimate of drug-likeness (QED) is 0.740. The van der Waals surface area contributed by atoms with Crippen LogP contribution in [-0.2, 0) is 9.59 Å². The summed E-state index contributed by atoms with van der Waals surface area (Å²) in [6.07, 6.45) is -4.79. The van der Waals surface area contributed by atoms with E-state index in [1.54, 1.807) is 0 Å². The van der Waals surface area contributed by atoms with E-state index in [4.69, 9.17) is 5.73 Å². The molecule has 1 aromatic heterocycles. The lowest BCUT2D eigenvalue weighted by atomic mass is 10.1. The molecule has 1 aromatic carbocycles. The van der Waals surface area contributed by atoms with E-state index in [1.165, 1.54) is 26.0 Å². The van der Waals surface area contributed by atoms with Gasteiger partial charge in [-0.25, -0.2) is 4.98 Å². The fraction of sp³-hybridized carbons (Fsp3) is 0.357. The van der Waals surface area contributed by atoms with E-state index >= 15 is 0 Å². The molecule has 2 rings (SSSR count). The molecule has 136 valence electrons. The van der Waals surface area contributed by atoms with Gasteiger partial charge in [-0.15, -0.1) is 13.2 Å². The van der Waals surface area contributed by atoms with Crippen LogP contribution in [0.4, 0.5) is 18.3 Å². The molecule has 1 heterocycles. The minimum atomic E-state index is -4.79. The topological polar surface area (TPSA) is 106 Å². The Morgan fingerprint density at radius 3 is 2.60 bits per heavy atom. The molecular weight excluding hydrogens is 361 g/mol. The van der Waals surface area contributed by atoms with Crippen molar-refractivity contribution < 1.29 is 27.5 Å². The number of aromatic nitrogens is 1. The lowest BCUT2D eigenvalue weighted by Gasteiger charge is -2.17. The number of nitrogens with zero attached hydrogens (tertiary/aromatic N) is 1. The number of fused-ring (bicyclic) bond motifs is 1. The number of benzene rings is 1. The van der Waals surface area contributed by atoms with Crippen LogP contribution >= 0.6 is 11.3 Å². The zero-order valence-corrected chi connectivity index (χ0v) is 14.0. The van der Waals surface area contributed by atoms with E-state index in [0.29, 0.717) is 10.2 Å². The molecule has 4 N–H and O–H groups in total. The van der Waals surface area contributed by atoms with Crippen molar-refractivity contribution >= 4 is 38.5 Å². The summed E-state index contributed by atoms with van der Waals surface area (Å²) in [6, 6.07) is 3.65. The van der Waals surface area contributed by atoms with E-state index in [9.17, 15) is 22.8 Å². The van der Waals surface area contributed by atoms with Crippen molar-refractivity contribution in [2.24, 2.45) is 5.73 Å². The Morgan fingerprint density at radius 2 is 2.00 bits per heavy atom. The van der Waals surface area contributed by atoms with Crippen molar-refractivity contribution in [3.8, 4) is 5.75 Å². The van der Waals surface area contributed by atoms with Crippen LogP contribution in [0.3, 0.4) is 0 Å². The minimum absolute atomic E-state index is 0.186. The summed E-state index contributed by atoms with van der Waals surface area (Å²) in [5.41, 5.74) is 4.87. The molecule has 0 saturated carbocycles. The summed E-state index contributed by atoms with van der Waals surface area (Å²) >= 11 is 0.978. The molecule has 0 aliphatic rings. The van der Waals surface area contributed by atoms with Crippen LogP contribution in [0.2, 0.25) is 0 Å². The Labute approximate surface area is 144 Å². The molecule has 0 atom stereocenters. The van der Waals surface area contributed by atoms with Gasteiger partial charge in [0.1, 0.15) is 5.75 Å². The first-order chi connectivity index (χ1) is 11.4. The number of nitrogens with one attached hydrogen (secondary N) is 2. The molecule has 0 spiro atoms. The first-order valence-electron chi connectivity index (χ1n) is 6.97.